The normalized spacial score (nSPS) is 36.7. The van der Waals surface area contributed by atoms with Crippen LogP contribution < -0.4 is 0 Å². The van der Waals surface area contributed by atoms with Gasteiger partial charge in [0.05, 0.1) is 56.6 Å². The number of hydrogen-bond acceptors (Lipinski definition) is 13. The molecule has 4 heterocycles. The minimum atomic E-state index is -1.23. The average Bonchev–Trinajstić information content (AvgIpc) is 3.17. The van der Waals surface area contributed by atoms with E-state index in [4.69, 9.17) is 23.7 Å². The Labute approximate surface area is 326 Å². The lowest BCUT2D eigenvalue weighted by atomic mass is 9.79. The summed E-state index contributed by atoms with van der Waals surface area (Å²) in [6.45, 7) is 12.0. The highest BCUT2D eigenvalue weighted by Gasteiger charge is 2.48. The number of carbonyl (C=O) groups excluding carboxylic acids is 3. The van der Waals surface area contributed by atoms with Gasteiger partial charge in [0.1, 0.15) is 24.6 Å². The number of likely N-dealkylation sites (N-methyl/N-ethyl adjacent to an activating group) is 1. The number of rotatable bonds is 11. The monoisotopic (exact) mass is 769 g/mol. The van der Waals surface area contributed by atoms with Crippen molar-refractivity contribution in [1.82, 2.24) is 14.8 Å². The first-order valence-electron chi connectivity index (χ1n) is 19.7. The minimum Gasteiger partial charge on any atom is -0.460 e. The number of nitrogens with zero attached hydrogens (tertiary/aromatic N) is 3. The zero-order valence-corrected chi connectivity index (χ0v) is 33.6. The van der Waals surface area contributed by atoms with Gasteiger partial charge >= 0.3 is 5.97 Å². The van der Waals surface area contributed by atoms with E-state index in [0.717, 1.165) is 17.4 Å². The van der Waals surface area contributed by atoms with Crippen molar-refractivity contribution in [3.63, 3.8) is 0 Å². The summed E-state index contributed by atoms with van der Waals surface area (Å²) in [4.78, 5) is 47.5. The number of carbonyl (C=O) groups is 3. The Morgan fingerprint density at radius 3 is 2.49 bits per heavy atom. The van der Waals surface area contributed by atoms with Crippen LogP contribution in [-0.4, -0.2) is 145 Å². The lowest BCUT2D eigenvalue weighted by Gasteiger charge is -2.48. The highest BCUT2D eigenvalue weighted by Crippen LogP contribution is 2.35. The molecule has 4 rings (SSSR count). The molecule has 0 radical (unpaired) electrons. The second-order valence-electron chi connectivity index (χ2n) is 15.4. The molecule has 55 heavy (non-hydrogen) atoms. The molecule has 306 valence electrons. The van der Waals surface area contributed by atoms with Crippen LogP contribution >= 0.6 is 0 Å². The van der Waals surface area contributed by atoms with Crippen molar-refractivity contribution in [2.75, 3.05) is 47.0 Å². The maximum Gasteiger partial charge on any atom is 0.308 e. The average molecular weight is 770 g/mol. The summed E-state index contributed by atoms with van der Waals surface area (Å²) >= 11 is 0. The molecule has 2 saturated heterocycles. The molecule has 3 aliphatic heterocycles. The Morgan fingerprint density at radius 2 is 1.84 bits per heavy atom. The molecule has 1 aromatic rings. The van der Waals surface area contributed by atoms with Crippen molar-refractivity contribution < 1.29 is 48.3 Å². The van der Waals surface area contributed by atoms with Crippen molar-refractivity contribution >= 4 is 24.1 Å². The Bertz CT molecular complexity index is 1450. The second-order valence-corrected chi connectivity index (χ2v) is 15.4. The standard InChI is InChI=1S/C42H63N3O10/c1-8-36-33(45-17-21-51-22-18-45)23-27(2)13-14-34(47)28(3)24-32(15-19-46)40(29(4)35(48)25-37(49)54-36)55-42-39(50)38(44(6)7)41(30(5)53-42)52-20-10-12-31-11-9-16-43-26-31/h9-14,16,19,23,26,28-30,32-33,35-36,38-42,48,50H,8,15,17-18,20-22,24-25H2,1-7H3/b12-10+,14-13+,27-23+/t28-,29+,30-,32+,33+,35-,36-,38-,39-,40-,41-,42+/m1/s1. The molecule has 3 aliphatic rings. The molecular formula is C42H63N3O10. The van der Waals surface area contributed by atoms with Crippen LogP contribution in [0.1, 0.15) is 65.9 Å². The SMILES string of the molecule is CC[C@H]1OC(=O)C[C@@H](O)[C@H](C)[C@@H](O[C@@H]2O[C@H](C)[C@@H](OC/C=C/c3cccnc3)[C@H](N(C)C)[C@H]2O)[C@@H](CC=O)C[C@@H](C)C(=O)/C=C/C(C)=C/[C@@H]1N1CCOCC1. The molecule has 0 aliphatic carbocycles. The second kappa shape index (κ2) is 22.0. The van der Waals surface area contributed by atoms with E-state index in [1.165, 1.54) is 0 Å². The van der Waals surface area contributed by atoms with Gasteiger partial charge in [-0.25, -0.2) is 0 Å². The van der Waals surface area contributed by atoms with E-state index in [0.29, 0.717) is 32.7 Å². The van der Waals surface area contributed by atoms with E-state index < -0.39 is 72.7 Å². The van der Waals surface area contributed by atoms with Gasteiger partial charge in [-0.15, -0.1) is 0 Å². The van der Waals surface area contributed by atoms with Crippen LogP contribution in [0.15, 0.2) is 54.4 Å². The molecule has 0 spiro atoms. The Balaban J connectivity index is 1.60. The van der Waals surface area contributed by atoms with Crippen molar-refractivity contribution in [2.45, 2.75) is 115 Å². The van der Waals surface area contributed by atoms with Gasteiger partial charge in [-0.2, -0.15) is 0 Å². The maximum atomic E-state index is 13.6. The largest absolute Gasteiger partial charge is 0.460 e. The van der Waals surface area contributed by atoms with E-state index in [9.17, 15) is 24.6 Å². The van der Waals surface area contributed by atoms with Gasteiger partial charge in [0.2, 0.25) is 0 Å². The number of allylic oxidation sites excluding steroid dienone is 3. The van der Waals surface area contributed by atoms with Gasteiger partial charge in [0.15, 0.2) is 12.1 Å². The van der Waals surface area contributed by atoms with Gasteiger partial charge in [-0.3, -0.25) is 19.5 Å². The number of cyclic esters (lactones) is 1. The van der Waals surface area contributed by atoms with Crippen LogP contribution in [-0.2, 0) is 38.1 Å². The summed E-state index contributed by atoms with van der Waals surface area (Å²) in [5.41, 5.74) is 1.78. The number of aldehydes is 1. The number of aliphatic hydroxyl groups is 2. The van der Waals surface area contributed by atoms with Crippen molar-refractivity contribution in [3.05, 3.63) is 60.0 Å². The molecule has 0 aromatic carbocycles. The molecule has 2 fully saturated rings. The molecule has 0 unspecified atom stereocenters. The number of morpholine rings is 1. The molecule has 0 saturated carbocycles. The van der Waals surface area contributed by atoms with Crippen LogP contribution in [0.2, 0.25) is 0 Å². The first-order valence-corrected chi connectivity index (χ1v) is 19.7. The Kier molecular flexibility index (Phi) is 17.8. The first-order chi connectivity index (χ1) is 26.3. The number of pyridine rings is 1. The smallest absolute Gasteiger partial charge is 0.308 e. The predicted molar refractivity (Wildman–Crippen MR) is 208 cm³/mol. The summed E-state index contributed by atoms with van der Waals surface area (Å²) in [5, 5.41) is 23.5. The quantitative estimate of drug-likeness (QED) is 0.249. The number of ether oxygens (including phenoxy) is 5. The third-order valence-electron chi connectivity index (χ3n) is 11.0. The van der Waals surface area contributed by atoms with Crippen LogP contribution in [0.3, 0.4) is 0 Å². The highest BCUT2D eigenvalue weighted by molar-refractivity contribution is 5.91. The van der Waals surface area contributed by atoms with E-state index in [1.54, 1.807) is 31.5 Å². The number of esters is 1. The topological polar surface area (TPSA) is 157 Å². The molecule has 13 heteroatoms. The third kappa shape index (κ3) is 12.7. The van der Waals surface area contributed by atoms with E-state index in [1.807, 2.05) is 77.1 Å². The highest BCUT2D eigenvalue weighted by atomic mass is 16.7. The Hall–Kier alpha value is -3.14. The zero-order chi connectivity index (χ0) is 40.1. The number of hydrogen-bond donors (Lipinski definition) is 2. The van der Waals surface area contributed by atoms with Crippen molar-refractivity contribution in [1.29, 1.82) is 0 Å². The van der Waals surface area contributed by atoms with Crippen LogP contribution in [0.5, 0.6) is 0 Å². The fraction of sp³-hybridized carbons (Fsp3) is 0.667. The molecule has 13 nitrogen and oxygen atoms in total. The zero-order valence-electron chi connectivity index (χ0n) is 33.6. The predicted octanol–water partition coefficient (Wildman–Crippen LogP) is 3.63. The van der Waals surface area contributed by atoms with E-state index >= 15 is 0 Å². The van der Waals surface area contributed by atoms with E-state index in [2.05, 4.69) is 9.88 Å². The number of ketones is 1. The molecule has 0 amide bonds. The fourth-order valence-electron chi connectivity index (χ4n) is 7.86. The number of aliphatic hydroxyl groups excluding tert-OH is 2. The molecule has 0 bridgehead atoms. The van der Waals surface area contributed by atoms with Crippen molar-refractivity contribution in [2.24, 2.45) is 17.8 Å². The van der Waals surface area contributed by atoms with E-state index in [-0.39, 0.29) is 37.7 Å². The molecule has 12 atom stereocenters. The summed E-state index contributed by atoms with van der Waals surface area (Å²) < 4.78 is 30.9. The Morgan fingerprint density at radius 1 is 1.09 bits per heavy atom. The summed E-state index contributed by atoms with van der Waals surface area (Å²) in [6.07, 6.45) is 7.84. The van der Waals surface area contributed by atoms with Gasteiger partial charge in [-0.05, 0) is 64.4 Å². The summed E-state index contributed by atoms with van der Waals surface area (Å²) in [6, 6.07) is 2.99. The van der Waals surface area contributed by atoms with Gasteiger partial charge in [0, 0.05) is 43.7 Å². The fourth-order valence-corrected chi connectivity index (χ4v) is 7.86. The van der Waals surface area contributed by atoms with Gasteiger partial charge in [0.25, 0.3) is 0 Å². The molecule has 1 aromatic heterocycles. The first kappa shape index (κ1) is 44.6. The number of aromatic nitrogens is 1. The van der Waals surface area contributed by atoms with Crippen LogP contribution in [0, 0.1) is 17.8 Å². The van der Waals surface area contributed by atoms with Crippen LogP contribution in [0.4, 0.5) is 0 Å². The molecular weight excluding hydrogens is 706 g/mol. The van der Waals surface area contributed by atoms with Gasteiger partial charge in [-0.1, -0.05) is 56.7 Å². The minimum absolute atomic E-state index is 0.0239. The summed E-state index contributed by atoms with van der Waals surface area (Å²) in [5.74, 6) is -2.45. The van der Waals surface area contributed by atoms with Gasteiger partial charge < -0.3 is 43.6 Å². The summed E-state index contributed by atoms with van der Waals surface area (Å²) in [7, 11) is 3.68. The maximum absolute atomic E-state index is 13.6. The molecule has 2 N–H and O–H groups in total. The lowest BCUT2D eigenvalue weighted by Crippen LogP contribution is -2.64. The van der Waals surface area contributed by atoms with Crippen molar-refractivity contribution in [3.8, 4) is 0 Å². The van der Waals surface area contributed by atoms with Crippen LogP contribution in [0.25, 0.3) is 6.08 Å². The lowest BCUT2D eigenvalue weighted by molar-refractivity contribution is -0.308. The third-order valence-corrected chi connectivity index (χ3v) is 11.0.